The van der Waals surface area contributed by atoms with E-state index in [-0.39, 0.29) is 18.4 Å². The van der Waals surface area contributed by atoms with Gasteiger partial charge in [-0.15, -0.1) is 0 Å². The molecule has 0 bridgehead atoms. The molecule has 20 heavy (non-hydrogen) atoms. The fraction of sp³-hybridized carbons (Fsp3) is 0.429. The zero-order valence-corrected chi connectivity index (χ0v) is 12.6. The number of carboxylic acids is 1. The topological polar surface area (TPSA) is 66.8 Å². The van der Waals surface area contributed by atoms with Gasteiger partial charge in [0.25, 0.3) is 0 Å². The number of anilines is 1. The predicted molar refractivity (Wildman–Crippen MR) is 80.5 cm³/mol. The van der Waals surface area contributed by atoms with Gasteiger partial charge in [0.15, 0.2) is 6.61 Å². The van der Waals surface area contributed by atoms with Crippen LogP contribution in [-0.4, -0.2) is 42.6 Å². The summed E-state index contributed by atoms with van der Waals surface area (Å²) >= 11 is 1.64. The molecule has 1 amide bonds. The van der Waals surface area contributed by atoms with E-state index in [2.05, 4.69) is 0 Å². The van der Waals surface area contributed by atoms with Crippen LogP contribution in [0.2, 0.25) is 0 Å². The zero-order chi connectivity index (χ0) is 15.1. The monoisotopic (exact) mass is 297 g/mol. The van der Waals surface area contributed by atoms with Gasteiger partial charge >= 0.3 is 5.97 Å². The molecule has 0 aliphatic carbocycles. The van der Waals surface area contributed by atoms with Crippen LogP contribution in [0.4, 0.5) is 5.69 Å². The van der Waals surface area contributed by atoms with Crippen LogP contribution >= 0.6 is 11.8 Å². The number of nitrogens with zero attached hydrogens (tertiary/aromatic N) is 1. The Kier molecular flexibility index (Phi) is 6.38. The van der Waals surface area contributed by atoms with Crippen molar-refractivity contribution in [2.24, 2.45) is 5.92 Å². The van der Waals surface area contributed by atoms with Crippen LogP contribution in [0.1, 0.15) is 6.92 Å². The summed E-state index contributed by atoms with van der Waals surface area (Å²) in [6.07, 6.45) is 1.97. The Morgan fingerprint density at radius 1 is 1.35 bits per heavy atom. The Hall–Kier alpha value is -1.69. The van der Waals surface area contributed by atoms with Crippen molar-refractivity contribution in [3.63, 3.8) is 0 Å². The van der Waals surface area contributed by atoms with E-state index in [0.29, 0.717) is 5.75 Å². The molecule has 0 saturated heterocycles. The fourth-order valence-electron chi connectivity index (χ4n) is 1.69. The lowest BCUT2D eigenvalue weighted by molar-refractivity contribution is -0.139. The van der Waals surface area contributed by atoms with Gasteiger partial charge in [0, 0.05) is 24.4 Å². The summed E-state index contributed by atoms with van der Waals surface area (Å²) in [4.78, 5) is 24.1. The molecule has 0 saturated carbocycles. The Labute approximate surface area is 122 Å². The third-order valence-electron chi connectivity index (χ3n) is 2.76. The second-order valence-corrected chi connectivity index (χ2v) is 5.34. The molecule has 0 spiro atoms. The highest BCUT2D eigenvalue weighted by molar-refractivity contribution is 7.98. The van der Waals surface area contributed by atoms with E-state index in [1.54, 1.807) is 48.0 Å². The average molecular weight is 297 g/mol. The lowest BCUT2D eigenvalue weighted by atomic mass is 10.1. The first-order valence-corrected chi connectivity index (χ1v) is 7.56. The number of thioether (sulfide) groups is 1. The molecule has 1 unspecified atom stereocenters. The maximum Gasteiger partial charge on any atom is 0.341 e. The van der Waals surface area contributed by atoms with E-state index in [1.165, 1.54) is 0 Å². The van der Waals surface area contributed by atoms with E-state index < -0.39 is 5.97 Å². The second-order valence-electron chi connectivity index (χ2n) is 4.43. The lowest BCUT2D eigenvalue weighted by Gasteiger charge is -2.21. The first-order valence-electron chi connectivity index (χ1n) is 6.17. The highest BCUT2D eigenvalue weighted by Gasteiger charge is 2.18. The van der Waals surface area contributed by atoms with Crippen LogP contribution in [0.15, 0.2) is 24.3 Å². The van der Waals surface area contributed by atoms with Crippen LogP contribution in [0.3, 0.4) is 0 Å². The smallest absolute Gasteiger partial charge is 0.341 e. The third kappa shape index (κ3) is 4.77. The summed E-state index contributed by atoms with van der Waals surface area (Å²) in [6, 6.07) is 6.78. The molecule has 0 aromatic heterocycles. The lowest BCUT2D eigenvalue weighted by Crippen LogP contribution is -2.32. The van der Waals surface area contributed by atoms with Crippen LogP contribution in [0, 0.1) is 5.92 Å². The van der Waals surface area contributed by atoms with Crippen molar-refractivity contribution in [1.82, 2.24) is 0 Å². The molecule has 1 aromatic carbocycles. The van der Waals surface area contributed by atoms with Crippen LogP contribution < -0.4 is 9.64 Å². The summed E-state index contributed by atoms with van der Waals surface area (Å²) in [5.41, 5.74) is 0.755. The van der Waals surface area contributed by atoms with E-state index >= 15 is 0 Å². The maximum absolute atomic E-state index is 12.1. The summed E-state index contributed by atoms with van der Waals surface area (Å²) in [5.74, 6) is 0.237. The first kappa shape index (κ1) is 16.4. The number of hydrogen-bond acceptors (Lipinski definition) is 4. The molecular formula is C14H19NO4S. The van der Waals surface area contributed by atoms with E-state index in [0.717, 1.165) is 11.4 Å². The summed E-state index contributed by atoms with van der Waals surface area (Å²) < 4.78 is 5.04. The van der Waals surface area contributed by atoms with Crippen molar-refractivity contribution in [3.05, 3.63) is 24.3 Å². The van der Waals surface area contributed by atoms with Crippen molar-refractivity contribution in [2.45, 2.75) is 6.92 Å². The summed E-state index contributed by atoms with van der Waals surface area (Å²) in [6.45, 7) is 1.53. The van der Waals surface area contributed by atoms with Gasteiger partial charge in [0.2, 0.25) is 5.91 Å². The van der Waals surface area contributed by atoms with Gasteiger partial charge in [0.05, 0.1) is 0 Å². The number of carbonyl (C=O) groups excluding carboxylic acids is 1. The molecule has 0 aliphatic heterocycles. The van der Waals surface area contributed by atoms with E-state index in [4.69, 9.17) is 9.84 Å². The van der Waals surface area contributed by atoms with Gasteiger partial charge in [-0.3, -0.25) is 4.79 Å². The maximum atomic E-state index is 12.1. The Balaban J connectivity index is 2.67. The van der Waals surface area contributed by atoms with E-state index in [9.17, 15) is 9.59 Å². The molecule has 110 valence electrons. The fourth-order valence-corrected chi connectivity index (χ4v) is 2.33. The number of hydrogen-bond donors (Lipinski definition) is 1. The van der Waals surface area contributed by atoms with Gasteiger partial charge in [-0.2, -0.15) is 11.8 Å². The van der Waals surface area contributed by atoms with Crippen molar-refractivity contribution in [3.8, 4) is 5.75 Å². The van der Waals surface area contributed by atoms with Gasteiger partial charge in [0.1, 0.15) is 5.75 Å². The highest BCUT2D eigenvalue weighted by atomic mass is 32.2. The normalized spacial score (nSPS) is 11.8. The number of carbonyl (C=O) groups is 2. The molecular weight excluding hydrogens is 278 g/mol. The molecule has 1 rings (SSSR count). The van der Waals surface area contributed by atoms with Gasteiger partial charge in [-0.1, -0.05) is 6.92 Å². The largest absolute Gasteiger partial charge is 0.482 e. The molecule has 1 atom stereocenters. The van der Waals surface area contributed by atoms with Crippen LogP contribution in [-0.2, 0) is 9.59 Å². The Bertz CT molecular complexity index is 461. The number of amides is 1. The minimum absolute atomic E-state index is 0.0436. The molecule has 1 aromatic rings. The molecule has 0 radical (unpaired) electrons. The van der Waals surface area contributed by atoms with Crippen LogP contribution in [0.25, 0.3) is 0 Å². The summed E-state index contributed by atoms with van der Waals surface area (Å²) in [5, 5.41) is 8.52. The van der Waals surface area contributed by atoms with Crippen molar-refractivity contribution in [2.75, 3.05) is 30.6 Å². The predicted octanol–water partition coefficient (Wildman–Crippen LogP) is 2.11. The quantitative estimate of drug-likeness (QED) is 0.835. The summed E-state index contributed by atoms with van der Waals surface area (Å²) in [7, 11) is 1.73. The molecule has 0 heterocycles. The van der Waals surface area contributed by atoms with Gasteiger partial charge < -0.3 is 14.7 Å². The van der Waals surface area contributed by atoms with Gasteiger partial charge in [-0.05, 0) is 30.5 Å². The average Bonchev–Trinajstić information content (AvgIpc) is 2.44. The molecule has 6 heteroatoms. The first-order chi connectivity index (χ1) is 9.45. The SMILES string of the molecule is CSCC(C)C(=O)N(C)c1ccc(OCC(=O)O)cc1. The Morgan fingerprint density at radius 3 is 2.45 bits per heavy atom. The second kappa shape index (κ2) is 7.79. The minimum Gasteiger partial charge on any atom is -0.482 e. The molecule has 0 aliphatic rings. The molecule has 0 fully saturated rings. The van der Waals surface area contributed by atoms with Crippen molar-refractivity contribution in [1.29, 1.82) is 0 Å². The number of rotatable bonds is 7. The highest BCUT2D eigenvalue weighted by Crippen LogP contribution is 2.20. The number of ether oxygens (including phenoxy) is 1. The molecule has 1 N–H and O–H groups in total. The standard InChI is InChI=1S/C14H19NO4S/c1-10(9-20-3)14(18)15(2)11-4-6-12(7-5-11)19-8-13(16)17/h4-7,10H,8-9H2,1-3H3,(H,16,17). The number of aliphatic carboxylic acids is 1. The molecule has 5 nitrogen and oxygen atoms in total. The Morgan fingerprint density at radius 2 is 1.95 bits per heavy atom. The van der Waals surface area contributed by atoms with Crippen molar-refractivity contribution < 1.29 is 19.4 Å². The van der Waals surface area contributed by atoms with Crippen LogP contribution in [0.5, 0.6) is 5.75 Å². The van der Waals surface area contributed by atoms with Gasteiger partial charge in [-0.25, -0.2) is 4.79 Å². The van der Waals surface area contributed by atoms with Crippen molar-refractivity contribution >= 4 is 29.3 Å². The zero-order valence-electron chi connectivity index (χ0n) is 11.8. The minimum atomic E-state index is -1.02. The number of carboxylic acid groups (broad SMARTS) is 1. The third-order valence-corrected chi connectivity index (χ3v) is 3.59. The number of benzene rings is 1. The van der Waals surface area contributed by atoms with E-state index in [1.807, 2.05) is 13.2 Å².